The van der Waals surface area contributed by atoms with Crippen molar-refractivity contribution >= 4 is 40.5 Å². The van der Waals surface area contributed by atoms with E-state index in [1.54, 1.807) is 42.5 Å². The number of nitrogens with one attached hydrogen (secondary N) is 2. The van der Waals surface area contributed by atoms with E-state index in [0.29, 0.717) is 17.0 Å². The molecule has 1 aromatic heterocycles. The number of hydrogen-bond donors (Lipinski definition) is 4. The Morgan fingerprint density at radius 3 is 2.72 bits per heavy atom. The van der Waals surface area contributed by atoms with E-state index in [-0.39, 0.29) is 35.4 Å². The summed E-state index contributed by atoms with van der Waals surface area (Å²) in [5.41, 5.74) is 0.802. The molecule has 4 rings (SSSR count). The lowest BCUT2D eigenvalue weighted by atomic mass is 10.1. The quantitative estimate of drug-likeness (QED) is 0.366. The Labute approximate surface area is 182 Å². The van der Waals surface area contributed by atoms with Crippen molar-refractivity contribution in [3.05, 3.63) is 48.0 Å². The van der Waals surface area contributed by atoms with Crippen LogP contribution in [-0.4, -0.2) is 46.0 Å². The van der Waals surface area contributed by atoms with Gasteiger partial charge in [0.2, 0.25) is 23.6 Å². The zero-order valence-electron chi connectivity index (χ0n) is 17.0. The lowest BCUT2D eigenvalue weighted by Gasteiger charge is -2.23. The molecule has 2 heterocycles. The minimum atomic E-state index is -0.946. The van der Waals surface area contributed by atoms with Gasteiger partial charge in [0.25, 0.3) is 0 Å². The molecular weight excluding hydrogens is 416 g/mol. The number of ether oxygens (including phenoxy) is 1. The summed E-state index contributed by atoms with van der Waals surface area (Å²) >= 11 is 0. The second-order valence-corrected chi connectivity index (χ2v) is 7.14. The highest BCUT2D eigenvalue weighted by Crippen LogP contribution is 2.41. The molecule has 1 unspecified atom stereocenters. The van der Waals surface area contributed by atoms with Crippen LogP contribution in [0.3, 0.4) is 0 Å². The zero-order valence-corrected chi connectivity index (χ0v) is 17.0. The lowest BCUT2D eigenvalue weighted by molar-refractivity contribution is -0.135. The summed E-state index contributed by atoms with van der Waals surface area (Å²) in [4.78, 5) is 39.9. The summed E-state index contributed by atoms with van der Waals surface area (Å²) in [6.45, 7) is 0. The number of carbonyl (C=O) groups is 3. The molecule has 0 spiro atoms. The van der Waals surface area contributed by atoms with Crippen molar-refractivity contribution in [1.82, 2.24) is 9.88 Å². The van der Waals surface area contributed by atoms with Gasteiger partial charge in [-0.05, 0) is 24.6 Å². The van der Waals surface area contributed by atoms with Crippen molar-refractivity contribution in [2.24, 2.45) is 4.99 Å². The molecule has 4 N–H and O–H groups in total. The molecule has 1 aliphatic rings. The number of amides is 4. The highest BCUT2D eigenvalue weighted by atomic mass is 16.5. The van der Waals surface area contributed by atoms with Gasteiger partial charge in [-0.1, -0.05) is 24.3 Å². The molecule has 3 aromatic rings. The Morgan fingerprint density at radius 1 is 1.19 bits per heavy atom. The third-order valence-electron chi connectivity index (χ3n) is 5.21. The van der Waals surface area contributed by atoms with E-state index in [1.165, 1.54) is 13.3 Å². The summed E-state index contributed by atoms with van der Waals surface area (Å²) < 4.78 is 6.27. The van der Waals surface area contributed by atoms with Gasteiger partial charge in [-0.3, -0.25) is 19.5 Å². The van der Waals surface area contributed by atoms with E-state index in [9.17, 15) is 24.6 Å². The maximum atomic E-state index is 12.3. The van der Waals surface area contributed by atoms with Crippen molar-refractivity contribution in [1.29, 1.82) is 0 Å². The van der Waals surface area contributed by atoms with E-state index in [4.69, 9.17) is 4.74 Å². The number of aromatic nitrogens is 1. The van der Waals surface area contributed by atoms with E-state index < -0.39 is 23.9 Å². The third-order valence-corrected chi connectivity index (χ3v) is 5.21. The van der Waals surface area contributed by atoms with Crippen LogP contribution in [-0.2, 0) is 9.59 Å². The standard InChI is InChI=1S/C22H20N4O6/c1-32-16-8-3-2-7-14(16)24-22(31)23-11-12-5-4-6-13-18(12)21(30)26(20(13)29)15-9-10-17(27)25-19(15)28/h2-8,11,15,29-30H,9-10H2,1H3,(H,24,31)(H,25,27,28). The normalized spacial score (nSPS) is 16.3. The first-order valence-corrected chi connectivity index (χ1v) is 9.77. The predicted molar refractivity (Wildman–Crippen MR) is 116 cm³/mol. The third kappa shape index (κ3) is 3.73. The van der Waals surface area contributed by atoms with Crippen molar-refractivity contribution < 1.29 is 29.3 Å². The molecule has 2 aromatic carbocycles. The molecule has 0 bridgehead atoms. The van der Waals surface area contributed by atoms with Gasteiger partial charge in [0.1, 0.15) is 11.8 Å². The van der Waals surface area contributed by atoms with Gasteiger partial charge < -0.3 is 20.3 Å². The molecule has 10 heteroatoms. The van der Waals surface area contributed by atoms with Gasteiger partial charge in [-0.15, -0.1) is 0 Å². The van der Waals surface area contributed by atoms with Crippen LogP contribution < -0.4 is 15.4 Å². The number of hydrogen-bond acceptors (Lipinski definition) is 6. The molecule has 10 nitrogen and oxygen atoms in total. The van der Waals surface area contributed by atoms with Crippen molar-refractivity contribution in [3.63, 3.8) is 0 Å². The van der Waals surface area contributed by atoms with Crippen molar-refractivity contribution in [3.8, 4) is 17.5 Å². The number of fused-ring (bicyclic) bond motifs is 1. The lowest BCUT2D eigenvalue weighted by Crippen LogP contribution is -2.41. The first kappa shape index (κ1) is 20.9. The minimum absolute atomic E-state index is 0.0846. The van der Waals surface area contributed by atoms with Crippen molar-refractivity contribution in [2.45, 2.75) is 18.9 Å². The van der Waals surface area contributed by atoms with Crippen LogP contribution in [0.1, 0.15) is 24.4 Å². The minimum Gasteiger partial charge on any atom is -0.495 e. The molecule has 0 radical (unpaired) electrons. The number of benzene rings is 2. The summed E-state index contributed by atoms with van der Waals surface area (Å²) in [5, 5.41) is 26.8. The van der Waals surface area contributed by atoms with E-state index in [2.05, 4.69) is 15.6 Å². The number of rotatable bonds is 4. The number of aliphatic imine (C=N–C) groups is 1. The Morgan fingerprint density at radius 2 is 1.97 bits per heavy atom. The predicted octanol–water partition coefficient (Wildman–Crippen LogP) is 2.69. The summed E-state index contributed by atoms with van der Waals surface area (Å²) in [6, 6.07) is 10.0. The molecule has 1 fully saturated rings. The summed E-state index contributed by atoms with van der Waals surface area (Å²) in [7, 11) is 1.48. The monoisotopic (exact) mass is 436 g/mol. The van der Waals surface area contributed by atoms with Gasteiger partial charge in [0.05, 0.1) is 18.2 Å². The number of methoxy groups -OCH3 is 1. The summed E-state index contributed by atoms with van der Waals surface area (Å²) in [5.74, 6) is -1.23. The highest BCUT2D eigenvalue weighted by molar-refractivity contribution is 6.09. The Hall–Kier alpha value is -4.34. The maximum Gasteiger partial charge on any atom is 0.345 e. The number of imide groups is 1. The van der Waals surface area contributed by atoms with Crippen LogP contribution in [0, 0.1) is 0 Å². The number of piperidine rings is 1. The van der Waals surface area contributed by atoms with E-state index in [1.807, 2.05) is 0 Å². The van der Waals surface area contributed by atoms with Crippen LogP contribution >= 0.6 is 0 Å². The number of carbonyl (C=O) groups excluding carboxylic acids is 3. The molecular formula is C22H20N4O6. The Bertz CT molecular complexity index is 1260. The van der Waals surface area contributed by atoms with Crippen molar-refractivity contribution in [2.75, 3.05) is 12.4 Å². The molecule has 1 saturated heterocycles. The second-order valence-electron chi connectivity index (χ2n) is 7.14. The number of anilines is 1. The fraction of sp³-hybridized carbons (Fsp3) is 0.182. The Kier molecular flexibility index (Phi) is 5.50. The zero-order chi connectivity index (χ0) is 22.8. The molecule has 1 aliphatic heterocycles. The SMILES string of the molecule is COc1ccccc1NC(=O)N=Cc1cccc2c(O)n(C3CCC(=O)NC3=O)c(O)c12. The highest BCUT2D eigenvalue weighted by Gasteiger charge is 2.33. The number of aromatic hydroxyl groups is 2. The number of urea groups is 1. The Balaban J connectivity index is 1.66. The maximum absolute atomic E-state index is 12.3. The van der Waals surface area contributed by atoms with Gasteiger partial charge in [0, 0.05) is 23.6 Å². The molecule has 0 saturated carbocycles. The van der Waals surface area contributed by atoms with E-state index in [0.717, 1.165) is 4.57 Å². The van der Waals surface area contributed by atoms with Gasteiger partial charge >= 0.3 is 6.03 Å². The molecule has 4 amide bonds. The smallest absolute Gasteiger partial charge is 0.345 e. The van der Waals surface area contributed by atoms with Gasteiger partial charge in [-0.25, -0.2) is 9.79 Å². The fourth-order valence-corrected chi connectivity index (χ4v) is 3.71. The van der Waals surface area contributed by atoms with E-state index >= 15 is 0 Å². The largest absolute Gasteiger partial charge is 0.495 e. The molecule has 1 atom stereocenters. The van der Waals surface area contributed by atoms with Crippen LogP contribution in [0.2, 0.25) is 0 Å². The first-order chi connectivity index (χ1) is 15.4. The number of para-hydroxylation sites is 2. The first-order valence-electron chi connectivity index (χ1n) is 9.77. The summed E-state index contributed by atoms with van der Waals surface area (Å²) in [6.07, 6.45) is 1.47. The fourth-order valence-electron chi connectivity index (χ4n) is 3.71. The van der Waals surface area contributed by atoms with Crippen LogP contribution in [0.4, 0.5) is 10.5 Å². The topological polar surface area (TPSA) is 142 Å². The van der Waals surface area contributed by atoms with Gasteiger partial charge in [-0.2, -0.15) is 0 Å². The van der Waals surface area contributed by atoms with Gasteiger partial charge in [0.15, 0.2) is 0 Å². The molecule has 32 heavy (non-hydrogen) atoms. The molecule has 164 valence electrons. The number of nitrogens with zero attached hydrogens (tertiary/aromatic N) is 2. The van der Waals surface area contributed by atoms with Crippen LogP contribution in [0.15, 0.2) is 47.5 Å². The average molecular weight is 436 g/mol. The molecule has 0 aliphatic carbocycles. The second kappa shape index (κ2) is 8.42. The van der Waals surface area contributed by atoms with Crippen LogP contribution in [0.25, 0.3) is 10.8 Å². The average Bonchev–Trinajstić information content (AvgIpc) is 3.03. The van der Waals surface area contributed by atoms with Crippen LogP contribution in [0.5, 0.6) is 17.5 Å².